The van der Waals surface area contributed by atoms with E-state index in [1.807, 2.05) is 60.7 Å². The molecule has 0 bridgehead atoms. The Balaban J connectivity index is 1.49. The summed E-state index contributed by atoms with van der Waals surface area (Å²) in [6.45, 7) is 1.43. The topological polar surface area (TPSA) is 35.5 Å². The number of aliphatic hydroxyl groups is 1. The van der Waals surface area contributed by atoms with Gasteiger partial charge >= 0.3 is 0 Å². The second-order valence-corrected chi connectivity index (χ2v) is 8.61. The largest absolute Gasteiger partial charge is 0.380 e. The maximum absolute atomic E-state index is 13.4. The molecule has 31 heavy (non-hydrogen) atoms. The summed E-state index contributed by atoms with van der Waals surface area (Å²) >= 11 is 11.4. The van der Waals surface area contributed by atoms with Gasteiger partial charge in [-0.15, -0.1) is 0 Å². The fourth-order valence-electron chi connectivity index (χ4n) is 4.30. The van der Waals surface area contributed by atoms with Crippen molar-refractivity contribution < 1.29 is 9.50 Å². The van der Waals surface area contributed by atoms with Gasteiger partial charge in [0.25, 0.3) is 0 Å². The second-order valence-electron chi connectivity index (χ2n) is 7.82. The van der Waals surface area contributed by atoms with Crippen LogP contribution in [-0.2, 0) is 5.60 Å². The third kappa shape index (κ3) is 4.59. The highest BCUT2D eigenvalue weighted by molar-refractivity contribution is 7.80. The highest BCUT2D eigenvalue weighted by Gasteiger charge is 2.41. The lowest BCUT2D eigenvalue weighted by Gasteiger charge is -2.43. The van der Waals surface area contributed by atoms with Crippen LogP contribution in [0.2, 0.25) is 5.02 Å². The maximum atomic E-state index is 13.4. The number of halogens is 2. The normalized spacial score (nSPS) is 15.0. The summed E-state index contributed by atoms with van der Waals surface area (Å²) in [5, 5.41) is 15.7. The van der Waals surface area contributed by atoms with Crippen LogP contribution >= 0.6 is 23.8 Å². The van der Waals surface area contributed by atoms with Crippen molar-refractivity contribution in [2.45, 2.75) is 18.4 Å². The van der Waals surface area contributed by atoms with Crippen LogP contribution in [0.3, 0.4) is 0 Å². The Morgan fingerprint density at radius 2 is 1.52 bits per heavy atom. The van der Waals surface area contributed by atoms with Crippen molar-refractivity contribution in [2.75, 3.05) is 18.4 Å². The zero-order valence-electron chi connectivity index (χ0n) is 17.0. The number of hydrogen-bond donors (Lipinski definition) is 2. The standard InChI is InChI=1S/C25H24ClFN2OS/c26-22-17-21(11-12-23(22)27)28-24(31)29-15-13-20(14-16-29)25(30,18-7-3-1-4-8-18)19-9-5-2-6-10-19/h1-12,17,20,30H,13-16H2,(H,28,31). The summed E-state index contributed by atoms with van der Waals surface area (Å²) < 4.78 is 13.4. The van der Waals surface area contributed by atoms with Crippen LogP contribution in [0.25, 0.3) is 0 Å². The maximum Gasteiger partial charge on any atom is 0.173 e. The van der Waals surface area contributed by atoms with Crippen molar-refractivity contribution in [3.63, 3.8) is 0 Å². The molecule has 0 aliphatic carbocycles. The molecule has 3 aromatic carbocycles. The number of thiocarbonyl (C=S) groups is 1. The predicted octanol–water partition coefficient (Wildman–Crippen LogP) is 5.82. The molecule has 0 amide bonds. The van der Waals surface area contributed by atoms with E-state index in [1.165, 1.54) is 12.1 Å². The monoisotopic (exact) mass is 454 g/mol. The minimum absolute atomic E-state index is 0.0524. The number of piperidine rings is 1. The van der Waals surface area contributed by atoms with Gasteiger partial charge in [0, 0.05) is 18.8 Å². The molecule has 1 aliphatic heterocycles. The molecule has 1 fully saturated rings. The number of hydrogen-bond acceptors (Lipinski definition) is 2. The van der Waals surface area contributed by atoms with E-state index in [4.69, 9.17) is 23.8 Å². The van der Waals surface area contributed by atoms with E-state index in [0.29, 0.717) is 23.9 Å². The van der Waals surface area contributed by atoms with E-state index in [-0.39, 0.29) is 10.9 Å². The predicted molar refractivity (Wildman–Crippen MR) is 128 cm³/mol. The molecule has 1 saturated heterocycles. The van der Waals surface area contributed by atoms with E-state index < -0.39 is 11.4 Å². The quantitative estimate of drug-likeness (QED) is 0.486. The fourth-order valence-corrected chi connectivity index (χ4v) is 4.78. The van der Waals surface area contributed by atoms with Crippen molar-refractivity contribution in [2.24, 2.45) is 5.92 Å². The van der Waals surface area contributed by atoms with Crippen LogP contribution in [0.5, 0.6) is 0 Å². The molecule has 0 saturated carbocycles. The summed E-state index contributed by atoms with van der Waals surface area (Å²) in [6.07, 6.45) is 1.57. The summed E-state index contributed by atoms with van der Waals surface area (Å²) in [5.41, 5.74) is 1.40. The van der Waals surface area contributed by atoms with Crippen molar-refractivity contribution in [1.29, 1.82) is 0 Å². The molecule has 0 radical (unpaired) electrons. The molecule has 1 aliphatic rings. The molecule has 1 heterocycles. The molecule has 3 nitrogen and oxygen atoms in total. The van der Waals surface area contributed by atoms with E-state index in [2.05, 4.69) is 10.2 Å². The average Bonchev–Trinajstić information content (AvgIpc) is 2.82. The van der Waals surface area contributed by atoms with Crippen molar-refractivity contribution in [3.05, 3.63) is 101 Å². The van der Waals surface area contributed by atoms with Gasteiger partial charge in [-0.1, -0.05) is 72.3 Å². The third-order valence-electron chi connectivity index (χ3n) is 5.97. The summed E-state index contributed by atoms with van der Waals surface area (Å²) in [4.78, 5) is 2.08. The van der Waals surface area contributed by atoms with Gasteiger partial charge < -0.3 is 15.3 Å². The fraction of sp³-hybridized carbons (Fsp3) is 0.240. The second kappa shape index (κ2) is 9.35. The zero-order valence-corrected chi connectivity index (χ0v) is 18.5. The van der Waals surface area contributed by atoms with E-state index >= 15 is 0 Å². The SMILES string of the molecule is OC(c1ccccc1)(c1ccccc1)C1CCN(C(=S)Nc2ccc(F)c(Cl)c2)CC1. The smallest absolute Gasteiger partial charge is 0.173 e. The molecule has 4 rings (SSSR count). The molecule has 0 atom stereocenters. The zero-order chi connectivity index (χ0) is 21.8. The number of likely N-dealkylation sites (tertiary alicyclic amines) is 1. The minimum Gasteiger partial charge on any atom is -0.380 e. The van der Waals surface area contributed by atoms with Gasteiger partial charge in [-0.2, -0.15) is 0 Å². The van der Waals surface area contributed by atoms with E-state index in [1.54, 1.807) is 6.07 Å². The Hall–Kier alpha value is -2.47. The van der Waals surface area contributed by atoms with Crippen LogP contribution in [0.4, 0.5) is 10.1 Å². The molecular formula is C25H24ClFN2OS. The Labute approximate surface area is 192 Å². The number of nitrogens with one attached hydrogen (secondary N) is 1. The number of anilines is 1. The summed E-state index contributed by atoms with van der Waals surface area (Å²) in [5.74, 6) is -0.406. The summed E-state index contributed by atoms with van der Waals surface area (Å²) in [6, 6.07) is 24.2. The van der Waals surface area contributed by atoms with Gasteiger partial charge in [0.05, 0.1) is 5.02 Å². The molecule has 0 unspecified atom stereocenters. The third-order valence-corrected chi connectivity index (χ3v) is 6.62. The molecule has 6 heteroatoms. The highest BCUT2D eigenvalue weighted by Crippen LogP contribution is 2.42. The minimum atomic E-state index is -1.06. The van der Waals surface area contributed by atoms with Gasteiger partial charge in [-0.25, -0.2) is 4.39 Å². The lowest BCUT2D eigenvalue weighted by atomic mass is 9.72. The molecular weight excluding hydrogens is 431 g/mol. The Bertz CT molecular complexity index is 1000. The van der Waals surface area contributed by atoms with Crippen LogP contribution in [0, 0.1) is 11.7 Å². The molecule has 3 aromatic rings. The van der Waals surface area contributed by atoms with Crippen molar-refractivity contribution in [1.82, 2.24) is 4.90 Å². The number of rotatable bonds is 4. The first-order valence-corrected chi connectivity index (χ1v) is 11.1. The van der Waals surface area contributed by atoms with Crippen LogP contribution in [-0.4, -0.2) is 28.2 Å². The molecule has 2 N–H and O–H groups in total. The van der Waals surface area contributed by atoms with Gasteiger partial charge in [-0.3, -0.25) is 0 Å². The van der Waals surface area contributed by atoms with Crippen LogP contribution in [0.1, 0.15) is 24.0 Å². The lowest BCUT2D eigenvalue weighted by Crippen LogP contribution is -2.47. The average molecular weight is 455 g/mol. The number of nitrogens with zero attached hydrogens (tertiary/aromatic N) is 1. The van der Waals surface area contributed by atoms with Gasteiger partial charge in [0.1, 0.15) is 11.4 Å². The summed E-state index contributed by atoms with van der Waals surface area (Å²) in [7, 11) is 0. The van der Waals surface area contributed by atoms with E-state index in [0.717, 1.165) is 24.0 Å². The Morgan fingerprint density at radius 1 is 0.968 bits per heavy atom. The van der Waals surface area contributed by atoms with Crippen molar-refractivity contribution >= 4 is 34.6 Å². The highest BCUT2D eigenvalue weighted by atomic mass is 35.5. The van der Waals surface area contributed by atoms with Gasteiger partial charge in [0.2, 0.25) is 0 Å². The molecule has 0 spiro atoms. The Kier molecular flexibility index (Phi) is 6.56. The van der Waals surface area contributed by atoms with Gasteiger partial charge in [0.15, 0.2) is 5.11 Å². The first kappa shape index (κ1) is 21.8. The van der Waals surface area contributed by atoms with E-state index in [9.17, 15) is 9.50 Å². The van der Waals surface area contributed by atoms with Crippen molar-refractivity contribution in [3.8, 4) is 0 Å². The Morgan fingerprint density at radius 3 is 2.03 bits per heavy atom. The van der Waals surface area contributed by atoms with Crippen LogP contribution in [0.15, 0.2) is 78.9 Å². The molecule has 160 valence electrons. The first-order valence-electron chi connectivity index (χ1n) is 10.3. The first-order chi connectivity index (χ1) is 15.0. The number of benzene rings is 3. The van der Waals surface area contributed by atoms with Gasteiger partial charge in [-0.05, 0) is 60.3 Å². The molecule has 0 aromatic heterocycles. The van der Waals surface area contributed by atoms with Crippen LogP contribution < -0.4 is 5.32 Å². The lowest BCUT2D eigenvalue weighted by molar-refractivity contribution is -0.00631.